The Morgan fingerprint density at radius 1 is 0.969 bits per heavy atom. The maximum atomic E-state index is 6.02. The van der Waals surface area contributed by atoms with Gasteiger partial charge in [0.1, 0.15) is 5.52 Å². The lowest BCUT2D eigenvalue weighted by atomic mass is 10.1. The third-order valence-corrected chi connectivity index (χ3v) is 6.08. The predicted molar refractivity (Wildman–Crippen MR) is 130 cm³/mol. The van der Waals surface area contributed by atoms with Gasteiger partial charge in [0.15, 0.2) is 22.4 Å². The highest BCUT2D eigenvalue weighted by Gasteiger charge is 2.23. The van der Waals surface area contributed by atoms with Crippen LogP contribution in [0.1, 0.15) is 0 Å². The van der Waals surface area contributed by atoms with E-state index in [1.165, 1.54) is 0 Å². The van der Waals surface area contributed by atoms with E-state index in [1.54, 1.807) is 14.2 Å². The summed E-state index contributed by atoms with van der Waals surface area (Å²) in [6.45, 7) is 3.14. The van der Waals surface area contributed by atoms with E-state index in [2.05, 4.69) is 19.8 Å². The molecule has 0 spiro atoms. The van der Waals surface area contributed by atoms with Crippen molar-refractivity contribution in [1.29, 1.82) is 0 Å². The third kappa shape index (κ3) is 4.18. The fourth-order valence-corrected chi connectivity index (χ4v) is 3.97. The van der Waals surface area contributed by atoms with Gasteiger partial charge in [0.25, 0.3) is 0 Å². The Morgan fingerprint density at radius 2 is 1.69 bits per heavy atom. The number of hydrogen-bond donors (Lipinski definition) is 1. The maximum Gasteiger partial charge on any atom is 0.222 e. The van der Waals surface area contributed by atoms with E-state index < -0.39 is 0 Å². The molecule has 0 amide bonds. The van der Waals surface area contributed by atoms with Gasteiger partial charge in [-0.1, -0.05) is 0 Å². The molecule has 168 valence electrons. The molecule has 10 heteroatoms. The monoisotopic (exact) mass is 453 g/mol. The van der Waals surface area contributed by atoms with Crippen molar-refractivity contribution in [2.75, 3.05) is 65.1 Å². The molecule has 0 saturated carbocycles. The second-order valence-corrected chi connectivity index (χ2v) is 8.06. The van der Waals surface area contributed by atoms with Crippen molar-refractivity contribution in [3.8, 4) is 22.8 Å². The summed E-state index contributed by atoms with van der Waals surface area (Å²) in [4.78, 5) is 20.2. The lowest BCUT2D eigenvalue weighted by Crippen LogP contribution is -2.51. The van der Waals surface area contributed by atoms with Crippen LogP contribution in [-0.2, 0) is 0 Å². The molecule has 0 radical (unpaired) electrons. The Labute approximate surface area is 192 Å². The molecule has 2 N–H and O–H groups in total. The highest BCUT2D eigenvalue weighted by atomic mass is 32.1. The first kappa shape index (κ1) is 21.8. The Hall–Kier alpha value is -3.40. The van der Waals surface area contributed by atoms with Gasteiger partial charge in [-0.25, -0.2) is 9.97 Å². The molecule has 1 aliphatic rings. The molecule has 1 fully saturated rings. The van der Waals surface area contributed by atoms with Gasteiger partial charge in [-0.3, -0.25) is 0 Å². The second kappa shape index (κ2) is 8.99. The minimum absolute atomic E-state index is 0.236. The van der Waals surface area contributed by atoms with Crippen LogP contribution in [0.3, 0.4) is 0 Å². The van der Waals surface area contributed by atoms with Crippen LogP contribution in [0.25, 0.3) is 22.3 Å². The Kier molecular flexibility index (Phi) is 6.13. The molecular formula is C22H27N7O2S. The van der Waals surface area contributed by atoms with Crippen molar-refractivity contribution < 1.29 is 9.47 Å². The van der Waals surface area contributed by atoms with Crippen molar-refractivity contribution >= 4 is 40.1 Å². The smallest absolute Gasteiger partial charge is 0.222 e. The number of benzene rings is 1. The zero-order valence-electron chi connectivity index (χ0n) is 18.7. The summed E-state index contributed by atoms with van der Waals surface area (Å²) in [5.74, 6) is 2.29. The van der Waals surface area contributed by atoms with Gasteiger partial charge in [-0.05, 0) is 42.5 Å². The number of rotatable bonds is 4. The average molecular weight is 454 g/mol. The number of anilines is 2. The number of thiocarbonyl (C=S) groups is 1. The first-order chi connectivity index (χ1) is 15.4. The van der Waals surface area contributed by atoms with Crippen molar-refractivity contribution in [3.63, 3.8) is 0 Å². The highest BCUT2D eigenvalue weighted by molar-refractivity contribution is 7.80. The first-order valence-corrected chi connectivity index (χ1v) is 10.7. The number of hydrogen-bond acceptors (Lipinski definition) is 8. The summed E-state index contributed by atoms with van der Waals surface area (Å²) in [6, 6.07) is 9.58. The number of fused-ring (bicyclic) bond motifs is 1. The van der Waals surface area contributed by atoms with Gasteiger partial charge in [0.2, 0.25) is 5.95 Å². The molecule has 1 aliphatic heterocycles. The number of pyridine rings is 1. The molecule has 4 rings (SSSR count). The zero-order chi connectivity index (χ0) is 22.8. The SMILES string of the molecule is COc1ccc(-c2ccc3nc(N)nc(N4CCN(C(=S)N(C)C)CC4)c3n2)cc1OC. The van der Waals surface area contributed by atoms with Crippen LogP contribution in [0.4, 0.5) is 11.8 Å². The lowest BCUT2D eigenvalue weighted by molar-refractivity contribution is 0.352. The fourth-order valence-electron chi connectivity index (χ4n) is 3.79. The normalized spacial score (nSPS) is 13.9. The standard InChI is InChI=1S/C22H27N7O2S/c1-27(2)22(32)29-11-9-28(10-12-29)20-19-16(25-21(23)26-20)7-6-15(24-19)14-5-8-17(30-3)18(13-14)31-4/h5-8,13H,9-12H2,1-4H3,(H2,23,25,26). The molecule has 0 unspecified atom stereocenters. The van der Waals surface area contributed by atoms with Gasteiger partial charge >= 0.3 is 0 Å². The fraction of sp³-hybridized carbons (Fsp3) is 0.364. The Balaban J connectivity index is 1.69. The van der Waals surface area contributed by atoms with Crippen molar-refractivity contribution in [2.45, 2.75) is 0 Å². The molecule has 3 aromatic rings. The highest BCUT2D eigenvalue weighted by Crippen LogP contribution is 2.33. The molecule has 0 atom stereocenters. The molecular weight excluding hydrogens is 426 g/mol. The van der Waals surface area contributed by atoms with E-state index in [4.69, 9.17) is 32.4 Å². The van der Waals surface area contributed by atoms with Crippen LogP contribution in [0.15, 0.2) is 30.3 Å². The summed E-state index contributed by atoms with van der Waals surface area (Å²) in [5.41, 5.74) is 9.15. The minimum atomic E-state index is 0.236. The van der Waals surface area contributed by atoms with Crippen LogP contribution in [0.5, 0.6) is 11.5 Å². The average Bonchev–Trinajstić information content (AvgIpc) is 2.82. The van der Waals surface area contributed by atoms with E-state index >= 15 is 0 Å². The van der Waals surface area contributed by atoms with E-state index in [0.29, 0.717) is 17.0 Å². The number of piperazine rings is 1. The number of ether oxygens (including phenoxy) is 2. The Morgan fingerprint density at radius 3 is 2.34 bits per heavy atom. The van der Waals surface area contributed by atoms with E-state index in [1.807, 2.05) is 49.3 Å². The van der Waals surface area contributed by atoms with Crippen molar-refractivity contribution in [1.82, 2.24) is 24.8 Å². The molecule has 32 heavy (non-hydrogen) atoms. The predicted octanol–water partition coefficient (Wildman–Crippen LogP) is 2.26. The van der Waals surface area contributed by atoms with E-state index in [9.17, 15) is 0 Å². The largest absolute Gasteiger partial charge is 0.493 e. The summed E-state index contributed by atoms with van der Waals surface area (Å²) in [5, 5.41) is 0.838. The molecule has 2 aromatic heterocycles. The molecule has 0 aliphatic carbocycles. The lowest BCUT2D eigenvalue weighted by Gasteiger charge is -2.38. The van der Waals surface area contributed by atoms with Crippen molar-refractivity contribution in [3.05, 3.63) is 30.3 Å². The van der Waals surface area contributed by atoms with Crippen LogP contribution in [-0.4, -0.2) is 84.4 Å². The topological polar surface area (TPSA) is 92.9 Å². The zero-order valence-corrected chi connectivity index (χ0v) is 19.5. The summed E-state index contributed by atoms with van der Waals surface area (Å²) < 4.78 is 10.8. The number of nitrogens with two attached hydrogens (primary N) is 1. The number of nitrogens with zero attached hydrogens (tertiary/aromatic N) is 6. The third-order valence-electron chi connectivity index (χ3n) is 5.45. The summed E-state index contributed by atoms with van der Waals surface area (Å²) in [6.07, 6.45) is 0. The number of aromatic nitrogens is 3. The molecule has 1 saturated heterocycles. The summed E-state index contributed by atoms with van der Waals surface area (Å²) in [7, 11) is 7.16. The minimum Gasteiger partial charge on any atom is -0.493 e. The van der Waals surface area contributed by atoms with Crippen LogP contribution in [0.2, 0.25) is 0 Å². The van der Waals surface area contributed by atoms with Crippen LogP contribution in [0, 0.1) is 0 Å². The second-order valence-electron chi connectivity index (χ2n) is 7.69. The summed E-state index contributed by atoms with van der Waals surface area (Å²) >= 11 is 5.52. The maximum absolute atomic E-state index is 6.02. The van der Waals surface area contributed by atoms with Gasteiger partial charge in [0, 0.05) is 45.8 Å². The number of nitrogen functional groups attached to an aromatic ring is 1. The van der Waals surface area contributed by atoms with Gasteiger partial charge in [-0.2, -0.15) is 4.98 Å². The Bertz CT molecular complexity index is 1150. The van der Waals surface area contributed by atoms with Crippen molar-refractivity contribution in [2.24, 2.45) is 0 Å². The molecule has 9 nitrogen and oxygen atoms in total. The quantitative estimate of drug-likeness (QED) is 0.593. The molecule has 3 heterocycles. The van der Waals surface area contributed by atoms with Crippen LogP contribution < -0.4 is 20.1 Å². The van der Waals surface area contributed by atoms with Crippen LogP contribution >= 0.6 is 12.2 Å². The molecule has 1 aromatic carbocycles. The molecule has 0 bridgehead atoms. The van der Waals surface area contributed by atoms with Gasteiger partial charge in [0.05, 0.1) is 25.4 Å². The van der Waals surface area contributed by atoms with E-state index in [-0.39, 0.29) is 5.95 Å². The number of methoxy groups -OCH3 is 2. The first-order valence-electron chi connectivity index (χ1n) is 10.3. The van der Waals surface area contributed by atoms with Gasteiger partial charge < -0.3 is 29.9 Å². The van der Waals surface area contributed by atoms with Gasteiger partial charge in [-0.15, -0.1) is 0 Å². The van der Waals surface area contributed by atoms with E-state index in [0.717, 1.165) is 53.9 Å².